The molecule has 0 radical (unpaired) electrons. The Bertz CT molecular complexity index is 670. The number of aliphatic hydroxyl groups excluding tert-OH is 1. The van der Waals surface area contributed by atoms with Gasteiger partial charge in [-0.15, -0.1) is 11.3 Å². The summed E-state index contributed by atoms with van der Waals surface area (Å²) in [4.78, 5) is 15.0. The molecule has 116 valence electrons. The van der Waals surface area contributed by atoms with E-state index in [1.165, 1.54) is 16.9 Å². The summed E-state index contributed by atoms with van der Waals surface area (Å²) in [7, 11) is 0. The number of benzene rings is 1. The largest absolute Gasteiger partial charge is 0.392 e. The number of hydrogen-bond acceptors (Lipinski definition) is 3. The van der Waals surface area contributed by atoms with Crippen LogP contribution in [-0.4, -0.2) is 29.0 Å². The summed E-state index contributed by atoms with van der Waals surface area (Å²) in [5.74, 6) is 0.567. The number of likely N-dealkylation sites (tertiary alicyclic amines) is 1. The zero-order valence-electron chi connectivity index (χ0n) is 12.2. The van der Waals surface area contributed by atoms with Crippen LogP contribution in [0.25, 0.3) is 0 Å². The fraction of sp³-hybridized carbons (Fsp3) is 0.353. The molecule has 2 aromatic rings. The number of amides is 1. The Morgan fingerprint density at radius 3 is 2.86 bits per heavy atom. The van der Waals surface area contributed by atoms with Crippen molar-refractivity contribution in [3.63, 3.8) is 0 Å². The molecule has 1 N–H and O–H groups in total. The third kappa shape index (κ3) is 3.51. The summed E-state index contributed by atoms with van der Waals surface area (Å²) in [5, 5.41) is 9.20. The number of halogens is 1. The summed E-state index contributed by atoms with van der Waals surface area (Å²) in [6.07, 6.45) is 1.97. The van der Waals surface area contributed by atoms with E-state index in [4.69, 9.17) is 11.6 Å². The van der Waals surface area contributed by atoms with E-state index in [1.807, 2.05) is 23.1 Å². The van der Waals surface area contributed by atoms with Crippen molar-refractivity contribution in [3.05, 3.63) is 56.7 Å². The Labute approximate surface area is 139 Å². The lowest BCUT2D eigenvalue weighted by molar-refractivity contribution is 0.0792. The minimum Gasteiger partial charge on any atom is -0.392 e. The Morgan fingerprint density at radius 2 is 2.14 bits per heavy atom. The van der Waals surface area contributed by atoms with Gasteiger partial charge in [0.1, 0.15) is 0 Å². The molecular weight excluding hydrogens is 318 g/mol. The quantitative estimate of drug-likeness (QED) is 0.927. The summed E-state index contributed by atoms with van der Waals surface area (Å²) in [6.45, 7) is 1.67. The van der Waals surface area contributed by atoms with Crippen molar-refractivity contribution in [3.8, 4) is 0 Å². The lowest BCUT2D eigenvalue weighted by Crippen LogP contribution is -2.28. The lowest BCUT2D eigenvalue weighted by Gasteiger charge is -2.15. The van der Waals surface area contributed by atoms with Crippen molar-refractivity contribution >= 4 is 28.8 Å². The first-order valence-electron chi connectivity index (χ1n) is 7.39. The van der Waals surface area contributed by atoms with Crippen molar-refractivity contribution in [2.75, 3.05) is 13.1 Å². The first-order chi connectivity index (χ1) is 10.7. The summed E-state index contributed by atoms with van der Waals surface area (Å²) < 4.78 is 0.653. The van der Waals surface area contributed by atoms with Gasteiger partial charge in [-0.2, -0.15) is 0 Å². The number of thiophene rings is 1. The molecule has 0 spiro atoms. The number of nitrogens with zero attached hydrogens (tertiary/aromatic N) is 1. The standard InChI is InChI=1S/C17H18ClNO2S/c18-16-5-4-15(22-16)17(21)19-7-6-13(10-19)8-12-2-1-3-14(9-12)11-20/h1-5,9,13,20H,6-8,10-11H2. The number of hydrogen-bond donors (Lipinski definition) is 1. The summed E-state index contributed by atoms with van der Waals surface area (Å²) in [5.41, 5.74) is 2.17. The Balaban J connectivity index is 1.61. The van der Waals surface area contributed by atoms with Gasteiger partial charge in [-0.05, 0) is 42.0 Å². The van der Waals surface area contributed by atoms with E-state index in [0.717, 1.165) is 31.5 Å². The van der Waals surface area contributed by atoms with E-state index in [0.29, 0.717) is 15.1 Å². The molecule has 22 heavy (non-hydrogen) atoms. The molecule has 5 heteroatoms. The monoisotopic (exact) mass is 335 g/mol. The summed E-state index contributed by atoms with van der Waals surface area (Å²) >= 11 is 7.24. The van der Waals surface area contributed by atoms with Crippen molar-refractivity contribution in [1.29, 1.82) is 0 Å². The van der Waals surface area contributed by atoms with Gasteiger partial charge in [0, 0.05) is 13.1 Å². The smallest absolute Gasteiger partial charge is 0.263 e. The average molecular weight is 336 g/mol. The van der Waals surface area contributed by atoms with Crippen LogP contribution in [0.15, 0.2) is 36.4 Å². The zero-order valence-corrected chi connectivity index (χ0v) is 13.7. The van der Waals surface area contributed by atoms with Gasteiger partial charge in [0.05, 0.1) is 15.8 Å². The van der Waals surface area contributed by atoms with Gasteiger partial charge in [-0.1, -0.05) is 35.9 Å². The van der Waals surface area contributed by atoms with Gasteiger partial charge >= 0.3 is 0 Å². The molecule has 0 saturated carbocycles. The van der Waals surface area contributed by atoms with Gasteiger partial charge in [0.15, 0.2) is 0 Å². The molecule has 1 aliphatic rings. The maximum absolute atomic E-state index is 12.4. The van der Waals surface area contributed by atoms with Gasteiger partial charge in [-0.25, -0.2) is 0 Å². The van der Waals surface area contributed by atoms with E-state index < -0.39 is 0 Å². The van der Waals surface area contributed by atoms with Crippen LogP contribution < -0.4 is 0 Å². The molecular formula is C17H18ClNO2S. The zero-order chi connectivity index (χ0) is 15.5. The Hall–Kier alpha value is -1.36. The predicted octanol–water partition coefficient (Wildman–Crippen LogP) is 3.60. The SMILES string of the molecule is O=C(c1ccc(Cl)s1)N1CCC(Cc2cccc(CO)c2)C1. The highest BCUT2D eigenvalue weighted by Crippen LogP contribution is 2.27. The second-order valence-electron chi connectivity index (χ2n) is 5.69. The molecule has 2 heterocycles. The van der Waals surface area contributed by atoms with Crippen LogP contribution >= 0.6 is 22.9 Å². The highest BCUT2D eigenvalue weighted by Gasteiger charge is 2.27. The lowest BCUT2D eigenvalue weighted by atomic mass is 9.97. The molecule has 1 atom stereocenters. The normalized spacial score (nSPS) is 17.9. The van der Waals surface area contributed by atoms with Crippen LogP contribution in [0.1, 0.15) is 27.2 Å². The van der Waals surface area contributed by atoms with E-state index in [9.17, 15) is 9.90 Å². The topological polar surface area (TPSA) is 40.5 Å². The van der Waals surface area contributed by atoms with Crippen LogP contribution in [0.3, 0.4) is 0 Å². The molecule has 1 saturated heterocycles. The number of carbonyl (C=O) groups excluding carboxylic acids is 1. The van der Waals surface area contributed by atoms with Crippen molar-refractivity contribution in [1.82, 2.24) is 4.90 Å². The second-order valence-corrected chi connectivity index (χ2v) is 7.41. The van der Waals surface area contributed by atoms with E-state index in [1.54, 1.807) is 12.1 Å². The molecule has 3 rings (SSSR count). The molecule has 1 fully saturated rings. The highest BCUT2D eigenvalue weighted by molar-refractivity contribution is 7.17. The third-order valence-electron chi connectivity index (χ3n) is 4.06. The molecule has 0 aliphatic carbocycles. The fourth-order valence-electron chi connectivity index (χ4n) is 2.96. The first kappa shape index (κ1) is 15.5. The summed E-state index contributed by atoms with van der Waals surface area (Å²) in [6, 6.07) is 11.6. The van der Waals surface area contributed by atoms with E-state index >= 15 is 0 Å². The van der Waals surface area contributed by atoms with Gasteiger partial charge < -0.3 is 10.0 Å². The van der Waals surface area contributed by atoms with Gasteiger partial charge in [-0.3, -0.25) is 4.79 Å². The van der Waals surface area contributed by atoms with E-state index in [2.05, 4.69) is 6.07 Å². The van der Waals surface area contributed by atoms with Crippen molar-refractivity contribution in [2.45, 2.75) is 19.4 Å². The van der Waals surface area contributed by atoms with E-state index in [-0.39, 0.29) is 12.5 Å². The van der Waals surface area contributed by atoms with Crippen molar-refractivity contribution < 1.29 is 9.90 Å². The molecule has 1 unspecified atom stereocenters. The maximum atomic E-state index is 12.4. The van der Waals surface area contributed by atoms with Gasteiger partial charge in [0.25, 0.3) is 5.91 Å². The second kappa shape index (κ2) is 6.82. The van der Waals surface area contributed by atoms with Crippen LogP contribution in [0.5, 0.6) is 0 Å². The Kier molecular flexibility index (Phi) is 4.81. The molecule has 1 aromatic heterocycles. The molecule has 3 nitrogen and oxygen atoms in total. The van der Waals surface area contributed by atoms with Crippen LogP contribution in [0, 0.1) is 5.92 Å². The molecule has 1 aromatic carbocycles. The van der Waals surface area contributed by atoms with Crippen LogP contribution in [0.4, 0.5) is 0 Å². The fourth-order valence-corrected chi connectivity index (χ4v) is 3.97. The number of aliphatic hydroxyl groups is 1. The van der Waals surface area contributed by atoms with Crippen molar-refractivity contribution in [2.24, 2.45) is 5.92 Å². The number of rotatable bonds is 4. The molecule has 1 amide bonds. The highest BCUT2D eigenvalue weighted by atomic mass is 35.5. The van der Waals surface area contributed by atoms with Crippen LogP contribution in [-0.2, 0) is 13.0 Å². The molecule has 1 aliphatic heterocycles. The first-order valence-corrected chi connectivity index (χ1v) is 8.58. The Morgan fingerprint density at radius 1 is 1.32 bits per heavy atom. The number of carbonyl (C=O) groups is 1. The van der Waals surface area contributed by atoms with Crippen LogP contribution in [0.2, 0.25) is 4.34 Å². The molecule has 0 bridgehead atoms. The average Bonchev–Trinajstić information content (AvgIpc) is 3.16. The minimum absolute atomic E-state index is 0.0717. The minimum atomic E-state index is 0.0717. The maximum Gasteiger partial charge on any atom is 0.263 e. The van der Waals surface area contributed by atoms with Gasteiger partial charge in [0.2, 0.25) is 0 Å². The predicted molar refractivity (Wildman–Crippen MR) is 89.4 cm³/mol. The third-order valence-corrected chi connectivity index (χ3v) is 5.27.